The van der Waals surface area contributed by atoms with Gasteiger partial charge in [-0.2, -0.15) is 31.4 Å². The van der Waals surface area contributed by atoms with Crippen LogP contribution in [0.4, 0.5) is 26.3 Å². The lowest BCUT2D eigenvalue weighted by Crippen LogP contribution is -2.25. The zero-order valence-electron chi connectivity index (χ0n) is 13.9. The fourth-order valence-corrected chi connectivity index (χ4v) is 3.88. The number of ketones is 1. The Morgan fingerprint density at radius 2 is 1.96 bits per heavy atom. The van der Waals surface area contributed by atoms with Gasteiger partial charge >= 0.3 is 12.4 Å². The first-order valence-corrected chi connectivity index (χ1v) is 8.55. The average molecular weight is 416 g/mol. The summed E-state index contributed by atoms with van der Waals surface area (Å²) in [4.78, 5) is 16.6. The van der Waals surface area contributed by atoms with Gasteiger partial charge in [0.2, 0.25) is 4.96 Å². The van der Waals surface area contributed by atoms with Gasteiger partial charge in [-0.25, -0.2) is 9.50 Å². The molecule has 0 aliphatic carbocycles. The van der Waals surface area contributed by atoms with Crippen molar-refractivity contribution < 1.29 is 35.9 Å². The van der Waals surface area contributed by atoms with Crippen LogP contribution in [0.25, 0.3) is 4.96 Å². The molecule has 1 unspecified atom stereocenters. The van der Waals surface area contributed by atoms with Gasteiger partial charge in [-0.15, -0.1) is 0 Å². The summed E-state index contributed by atoms with van der Waals surface area (Å²) in [6.07, 6.45) is -10.6. The van der Waals surface area contributed by atoms with Gasteiger partial charge in [0.15, 0.2) is 11.5 Å². The van der Waals surface area contributed by atoms with Gasteiger partial charge < -0.3 is 4.74 Å². The summed E-state index contributed by atoms with van der Waals surface area (Å²) in [6.45, 7) is -0.908. The maximum Gasteiger partial charge on any atom is 0.435 e. The number of carbonyl (C=O) groups is 1. The number of aromatic nitrogens is 3. The molecule has 13 heteroatoms. The summed E-state index contributed by atoms with van der Waals surface area (Å²) in [6, 6.07) is 0. The van der Waals surface area contributed by atoms with E-state index in [9.17, 15) is 31.1 Å². The van der Waals surface area contributed by atoms with Gasteiger partial charge in [0, 0.05) is 26.1 Å². The number of carbonyl (C=O) groups excluding carboxylic acids is 1. The number of ether oxygens (including phenoxy) is 1. The van der Waals surface area contributed by atoms with Crippen molar-refractivity contribution >= 4 is 22.1 Å². The highest BCUT2D eigenvalue weighted by molar-refractivity contribution is 7.16. The number of hydrogen-bond acceptors (Lipinski definition) is 6. The number of methoxy groups -OCH3 is 1. The zero-order chi connectivity index (χ0) is 20.0. The molecule has 1 fully saturated rings. The van der Waals surface area contributed by atoms with Gasteiger partial charge in [-0.3, -0.25) is 9.69 Å². The van der Waals surface area contributed by atoms with Crippen LogP contribution in [0.1, 0.15) is 22.8 Å². The first-order valence-electron chi connectivity index (χ1n) is 7.73. The Bertz CT molecular complexity index is 843. The fraction of sp³-hybridized carbons (Fsp3) is 0.643. The molecular formula is C14H14F6N4O2S. The van der Waals surface area contributed by atoms with Crippen molar-refractivity contribution in [3.63, 3.8) is 0 Å². The molecule has 0 bridgehead atoms. The van der Waals surface area contributed by atoms with Crippen molar-refractivity contribution in [2.24, 2.45) is 5.92 Å². The molecular weight excluding hydrogens is 402 g/mol. The molecule has 150 valence electrons. The van der Waals surface area contributed by atoms with Crippen LogP contribution in [0.5, 0.6) is 0 Å². The molecule has 27 heavy (non-hydrogen) atoms. The highest BCUT2D eigenvalue weighted by Crippen LogP contribution is 2.35. The van der Waals surface area contributed by atoms with E-state index in [1.807, 2.05) is 0 Å². The van der Waals surface area contributed by atoms with Crippen LogP contribution in [0.3, 0.4) is 0 Å². The molecule has 0 amide bonds. The van der Waals surface area contributed by atoms with E-state index in [-0.39, 0.29) is 36.9 Å². The minimum atomic E-state index is -4.75. The maximum atomic E-state index is 13.3. The smallest absolute Gasteiger partial charge is 0.377 e. The quantitative estimate of drug-likeness (QED) is 0.702. The van der Waals surface area contributed by atoms with Crippen molar-refractivity contribution in [3.8, 4) is 0 Å². The Morgan fingerprint density at radius 3 is 2.56 bits per heavy atom. The second-order valence-electron chi connectivity index (χ2n) is 6.18. The third kappa shape index (κ3) is 4.41. The molecule has 1 atom stereocenters. The summed E-state index contributed by atoms with van der Waals surface area (Å²) in [5, 5.41) is 4.44. The van der Waals surface area contributed by atoms with Crippen LogP contribution in [0, 0.1) is 5.92 Å². The third-order valence-electron chi connectivity index (χ3n) is 4.04. The minimum absolute atomic E-state index is 0.00161. The standard InChI is InChI=1S/C14H14F6N4O2S/c1-26-6-10-22-24-8(11(14(18,19)20)21-12(24)27-10)4-23-3-7(9(25)5-23)2-13(15,16)17/h7H,2-6H2,1H3. The van der Waals surface area contributed by atoms with Crippen molar-refractivity contribution in [2.75, 3.05) is 20.2 Å². The SMILES string of the molecule is COCc1nn2c(CN3CC(=O)C(CC(F)(F)F)C3)c(C(F)(F)F)nc2s1. The number of halogens is 6. The number of Topliss-reactive ketones (excluding diaryl/α,β-unsaturated/α-hetero) is 1. The fourth-order valence-electron chi connectivity index (χ4n) is 3.00. The number of rotatable bonds is 5. The number of fused-ring (bicyclic) bond motifs is 1. The lowest BCUT2D eigenvalue weighted by Gasteiger charge is -2.16. The number of nitrogens with zero attached hydrogens (tertiary/aromatic N) is 4. The summed E-state index contributed by atoms with van der Waals surface area (Å²) in [5.74, 6) is -1.91. The van der Waals surface area contributed by atoms with Crippen molar-refractivity contribution in [2.45, 2.75) is 31.9 Å². The lowest BCUT2D eigenvalue weighted by molar-refractivity contribution is -0.150. The van der Waals surface area contributed by atoms with E-state index < -0.39 is 36.2 Å². The molecule has 3 rings (SSSR count). The Labute approximate surface area is 152 Å². The summed E-state index contributed by atoms with van der Waals surface area (Å²) >= 11 is 0.921. The monoisotopic (exact) mass is 416 g/mol. The highest BCUT2D eigenvalue weighted by atomic mass is 32.1. The molecule has 0 saturated carbocycles. The molecule has 1 aliphatic rings. The highest BCUT2D eigenvalue weighted by Gasteiger charge is 2.43. The largest absolute Gasteiger partial charge is 0.435 e. The van der Waals surface area contributed by atoms with Gasteiger partial charge in [0.05, 0.1) is 25.3 Å². The molecule has 6 nitrogen and oxygen atoms in total. The zero-order valence-corrected chi connectivity index (χ0v) is 14.7. The first kappa shape index (κ1) is 20.0. The van der Waals surface area contributed by atoms with Gasteiger partial charge in [0.25, 0.3) is 0 Å². The van der Waals surface area contributed by atoms with E-state index in [1.165, 1.54) is 12.0 Å². The van der Waals surface area contributed by atoms with Crippen molar-refractivity contribution in [1.82, 2.24) is 19.5 Å². The van der Waals surface area contributed by atoms with E-state index in [2.05, 4.69) is 10.1 Å². The van der Waals surface area contributed by atoms with Crippen molar-refractivity contribution in [3.05, 3.63) is 16.4 Å². The number of imidazole rings is 1. The molecule has 0 spiro atoms. The predicted octanol–water partition coefficient (Wildman–Crippen LogP) is 2.91. The molecule has 2 aromatic rings. The lowest BCUT2D eigenvalue weighted by atomic mass is 10.0. The Hall–Kier alpha value is -1.73. The number of likely N-dealkylation sites (tertiary alicyclic amines) is 1. The first-order chi connectivity index (χ1) is 12.5. The minimum Gasteiger partial charge on any atom is -0.377 e. The molecule has 1 aliphatic heterocycles. The van der Waals surface area contributed by atoms with E-state index in [0.29, 0.717) is 5.01 Å². The molecule has 0 aromatic carbocycles. The van der Waals surface area contributed by atoms with E-state index in [1.54, 1.807) is 0 Å². The Balaban J connectivity index is 1.88. The summed E-state index contributed by atoms with van der Waals surface area (Å²) in [5.41, 5.74) is -1.46. The van der Waals surface area contributed by atoms with Crippen LogP contribution in [0.2, 0.25) is 0 Å². The predicted molar refractivity (Wildman–Crippen MR) is 81.0 cm³/mol. The summed E-state index contributed by atoms with van der Waals surface area (Å²) < 4.78 is 83.4. The van der Waals surface area contributed by atoms with Crippen molar-refractivity contribution in [1.29, 1.82) is 0 Å². The average Bonchev–Trinajstić information content (AvgIpc) is 3.13. The van der Waals surface area contributed by atoms with Crippen LogP contribution >= 0.6 is 11.3 Å². The third-order valence-corrected chi connectivity index (χ3v) is 4.92. The van der Waals surface area contributed by atoms with Crippen LogP contribution in [0.15, 0.2) is 0 Å². The molecule has 1 saturated heterocycles. The number of alkyl halides is 6. The Morgan fingerprint density at radius 1 is 1.26 bits per heavy atom. The normalized spacial score (nSPS) is 19.5. The Kier molecular flexibility index (Phi) is 5.20. The van der Waals surface area contributed by atoms with Gasteiger partial charge in [0.1, 0.15) is 5.01 Å². The number of hydrogen-bond donors (Lipinski definition) is 0. The van der Waals surface area contributed by atoms with Crippen LogP contribution in [-0.4, -0.2) is 51.7 Å². The van der Waals surface area contributed by atoms with Crippen LogP contribution in [-0.2, 0) is 28.9 Å². The van der Waals surface area contributed by atoms with E-state index >= 15 is 0 Å². The van der Waals surface area contributed by atoms with Crippen LogP contribution < -0.4 is 0 Å². The van der Waals surface area contributed by atoms with Gasteiger partial charge in [-0.05, 0) is 0 Å². The maximum absolute atomic E-state index is 13.3. The second-order valence-corrected chi connectivity index (χ2v) is 7.22. The van der Waals surface area contributed by atoms with Gasteiger partial charge in [-0.1, -0.05) is 11.3 Å². The summed E-state index contributed by atoms with van der Waals surface area (Å²) in [7, 11) is 1.41. The molecule has 2 aromatic heterocycles. The van der Waals surface area contributed by atoms with E-state index in [0.717, 1.165) is 15.9 Å². The second kappa shape index (κ2) is 7.02. The van der Waals surface area contributed by atoms with E-state index in [4.69, 9.17) is 4.74 Å². The molecule has 0 N–H and O–H groups in total. The topological polar surface area (TPSA) is 59.7 Å². The molecule has 3 heterocycles. The molecule has 0 radical (unpaired) electrons.